The molecule has 0 saturated heterocycles. The summed E-state index contributed by atoms with van der Waals surface area (Å²) in [6.45, 7) is 35.3. The van der Waals surface area contributed by atoms with Gasteiger partial charge in [0.1, 0.15) is 5.60 Å². The number of ether oxygens (including phenoxy) is 1. The molecule has 0 aliphatic rings. The lowest BCUT2D eigenvalue weighted by Gasteiger charge is -2.25. The van der Waals surface area contributed by atoms with Crippen LogP contribution >= 0.6 is 14.7 Å². The zero-order valence-corrected chi connectivity index (χ0v) is 35.8. The van der Waals surface area contributed by atoms with E-state index in [1.165, 1.54) is 26.3 Å². The van der Waals surface area contributed by atoms with E-state index >= 15 is 0 Å². The lowest BCUT2D eigenvalue weighted by molar-refractivity contribution is -0.164. The molecule has 0 rings (SSSR count). The van der Waals surface area contributed by atoms with Gasteiger partial charge in [-0.1, -0.05) is 63.8 Å². The highest BCUT2D eigenvalue weighted by molar-refractivity contribution is 7.92. The Kier molecular flexibility index (Phi) is 30.3. The van der Waals surface area contributed by atoms with Crippen molar-refractivity contribution in [2.75, 3.05) is 33.0 Å². The topological polar surface area (TPSA) is 158 Å². The van der Waals surface area contributed by atoms with Gasteiger partial charge in [0.25, 0.3) is 0 Å². The van der Waals surface area contributed by atoms with Crippen LogP contribution in [0.1, 0.15) is 147 Å². The molecular weight excluding hydrogens is 682 g/mol. The SMILES string of the molecule is C.C.C.CC(C)(C)OC(=O)C(C)(C)C.CC(C)(C)P(C)(=O)O.CC(C)(C)S(C)(=O)=O.CC(C)(C)S(C)(=O)=O.COP(C)(=O)C(C)(C)C. The highest BCUT2D eigenvalue weighted by Gasteiger charge is 2.31. The van der Waals surface area contributed by atoms with Crippen molar-refractivity contribution in [1.29, 1.82) is 0 Å². The first-order valence-electron chi connectivity index (χ1n) is 14.3. The van der Waals surface area contributed by atoms with Crippen molar-refractivity contribution in [3.8, 4) is 0 Å². The second-order valence-electron chi connectivity index (χ2n) is 16.8. The monoisotopic (exact) mass is 764 g/mol. The van der Waals surface area contributed by atoms with Crippen molar-refractivity contribution in [2.45, 2.75) is 172 Å². The average molecular weight is 765 g/mol. The summed E-state index contributed by atoms with van der Waals surface area (Å²) in [5, 5.41) is -0.672. The third-order valence-corrected chi connectivity index (χ3v) is 16.1. The zero-order chi connectivity index (χ0) is 38.0. The van der Waals surface area contributed by atoms with Crippen LogP contribution in [0.3, 0.4) is 0 Å². The van der Waals surface area contributed by atoms with E-state index in [2.05, 4.69) is 0 Å². The Hall–Kier alpha value is -0.250. The Morgan fingerprint density at radius 3 is 0.787 bits per heavy atom. The largest absolute Gasteiger partial charge is 0.460 e. The Balaban J connectivity index is -0.0000000667. The summed E-state index contributed by atoms with van der Waals surface area (Å²) in [5.41, 5.74) is -0.766. The average Bonchev–Trinajstić information content (AvgIpc) is 2.62. The Morgan fingerprint density at radius 1 is 0.574 bits per heavy atom. The number of carbonyl (C=O) groups excluding carboxylic acids is 1. The van der Waals surface area contributed by atoms with Crippen LogP contribution in [0, 0.1) is 5.41 Å². The lowest BCUT2D eigenvalue weighted by atomic mass is 9.97. The molecule has 0 radical (unpaired) electrons. The molecule has 10 nitrogen and oxygen atoms in total. The van der Waals surface area contributed by atoms with Gasteiger partial charge in [0.15, 0.2) is 19.7 Å². The van der Waals surface area contributed by atoms with Crippen molar-refractivity contribution in [3.63, 3.8) is 0 Å². The number of carbonyl (C=O) groups is 1. The Morgan fingerprint density at radius 2 is 0.766 bits per heavy atom. The summed E-state index contributed by atoms with van der Waals surface area (Å²) < 4.78 is 73.6. The fraction of sp³-hybridized carbons (Fsp3) is 0.970. The summed E-state index contributed by atoms with van der Waals surface area (Å²) in [7, 11) is -9.40. The van der Waals surface area contributed by atoms with Crippen LogP contribution in [0.4, 0.5) is 0 Å². The summed E-state index contributed by atoms with van der Waals surface area (Å²) in [4.78, 5) is 20.2. The van der Waals surface area contributed by atoms with Crippen LogP contribution in [0.15, 0.2) is 0 Å². The van der Waals surface area contributed by atoms with Gasteiger partial charge in [-0.2, -0.15) is 0 Å². The second kappa shape index (κ2) is 21.9. The van der Waals surface area contributed by atoms with Crippen molar-refractivity contribution in [2.24, 2.45) is 5.41 Å². The smallest absolute Gasteiger partial charge is 0.311 e. The van der Waals surface area contributed by atoms with E-state index in [1.54, 1.807) is 69.0 Å². The van der Waals surface area contributed by atoms with Crippen LogP contribution in [0.5, 0.6) is 0 Å². The van der Waals surface area contributed by atoms with E-state index in [1.807, 2.05) is 62.3 Å². The molecular formula is C33H82O10P2S2. The molecule has 0 fully saturated rings. The molecule has 0 aromatic rings. The molecule has 0 aromatic heterocycles. The molecule has 0 aliphatic heterocycles. The number of esters is 1. The molecule has 0 amide bonds. The maximum absolute atomic E-state index is 11.4. The molecule has 14 heteroatoms. The van der Waals surface area contributed by atoms with Crippen molar-refractivity contribution >= 4 is 40.4 Å². The molecule has 0 aliphatic carbocycles. The van der Waals surface area contributed by atoms with Gasteiger partial charge >= 0.3 is 5.97 Å². The van der Waals surface area contributed by atoms with Gasteiger partial charge in [-0.3, -0.25) is 13.9 Å². The maximum atomic E-state index is 11.4. The first kappa shape index (κ1) is 65.2. The number of rotatable bonds is 1. The van der Waals surface area contributed by atoms with Gasteiger partial charge in [0, 0.05) is 43.3 Å². The lowest BCUT2D eigenvalue weighted by Crippen LogP contribution is -2.31. The first-order chi connectivity index (χ1) is 18.2. The summed E-state index contributed by atoms with van der Waals surface area (Å²) in [6, 6.07) is 0. The van der Waals surface area contributed by atoms with Crippen LogP contribution in [0.2, 0.25) is 0 Å². The van der Waals surface area contributed by atoms with Gasteiger partial charge in [0.2, 0.25) is 14.7 Å². The molecule has 0 bridgehead atoms. The number of hydrogen-bond acceptors (Lipinski definition) is 9. The van der Waals surface area contributed by atoms with Gasteiger partial charge in [-0.15, -0.1) is 0 Å². The van der Waals surface area contributed by atoms with Gasteiger partial charge < -0.3 is 14.2 Å². The molecule has 0 heterocycles. The minimum Gasteiger partial charge on any atom is -0.460 e. The van der Waals surface area contributed by atoms with Crippen LogP contribution in [-0.2, 0) is 42.9 Å². The minimum absolute atomic E-state index is 0. The van der Waals surface area contributed by atoms with E-state index in [0.717, 1.165) is 0 Å². The van der Waals surface area contributed by atoms with Crippen LogP contribution in [-0.4, -0.2) is 86.1 Å². The van der Waals surface area contributed by atoms with Gasteiger partial charge in [-0.05, 0) is 83.1 Å². The van der Waals surface area contributed by atoms with Gasteiger partial charge in [0.05, 0.1) is 14.9 Å². The molecule has 0 saturated carbocycles. The molecule has 296 valence electrons. The third kappa shape index (κ3) is 35.4. The fourth-order valence-electron chi connectivity index (χ4n) is 0.705. The molecule has 1 N–H and O–H groups in total. The van der Waals surface area contributed by atoms with E-state index in [-0.39, 0.29) is 39.0 Å². The fourth-order valence-corrected chi connectivity index (χ4v) is 1.25. The second-order valence-corrected chi connectivity index (χ2v) is 28.8. The van der Waals surface area contributed by atoms with Crippen LogP contribution < -0.4 is 0 Å². The highest BCUT2D eigenvalue weighted by atomic mass is 32.2. The summed E-state index contributed by atoms with van der Waals surface area (Å²) in [5.74, 6) is -0.148. The van der Waals surface area contributed by atoms with Crippen molar-refractivity contribution in [1.82, 2.24) is 0 Å². The standard InChI is InChI=1S/C9H18O2.C6H15O2P.C5H13O2P.2C5H12O2S.3CH4/c1-8(2,3)7(10)11-9(4,5)6;1-6(2,3)9(5,7)8-4;3*1-5(2,3)8(4,6)7;;;/h1-6H3;1-5H3;1-4H3,(H,6,7);2*1-4H3;3*1H4. The quantitative estimate of drug-likeness (QED) is 0.201. The Labute approximate surface area is 295 Å². The van der Waals surface area contributed by atoms with E-state index < -0.39 is 54.5 Å². The van der Waals surface area contributed by atoms with Crippen molar-refractivity contribution in [3.05, 3.63) is 0 Å². The third-order valence-electron chi connectivity index (χ3n) is 6.05. The normalized spacial score (nSPS) is 14.9. The van der Waals surface area contributed by atoms with E-state index in [0.29, 0.717) is 0 Å². The number of sulfone groups is 2. The first-order valence-corrected chi connectivity index (χ1v) is 22.2. The molecule has 2 atom stereocenters. The Bertz CT molecular complexity index is 1120. The molecule has 2 unspecified atom stereocenters. The molecule has 0 spiro atoms. The van der Waals surface area contributed by atoms with E-state index in [9.17, 15) is 30.8 Å². The minimum atomic E-state index is -2.85. The molecule has 47 heavy (non-hydrogen) atoms. The summed E-state index contributed by atoms with van der Waals surface area (Å²) in [6.07, 6.45) is 2.49. The predicted octanol–water partition coefficient (Wildman–Crippen LogP) is 9.97. The molecule has 0 aromatic carbocycles. The van der Waals surface area contributed by atoms with Crippen LogP contribution in [0.25, 0.3) is 0 Å². The van der Waals surface area contributed by atoms with Crippen molar-refractivity contribution < 1.29 is 44.9 Å². The number of hydrogen-bond donors (Lipinski definition) is 1. The van der Waals surface area contributed by atoms with E-state index in [4.69, 9.17) is 14.2 Å². The van der Waals surface area contributed by atoms with Gasteiger partial charge in [-0.25, -0.2) is 16.8 Å². The maximum Gasteiger partial charge on any atom is 0.311 e. The zero-order valence-electron chi connectivity index (χ0n) is 32.3. The predicted molar refractivity (Wildman–Crippen MR) is 210 cm³/mol. The highest BCUT2D eigenvalue weighted by Crippen LogP contribution is 2.54. The summed E-state index contributed by atoms with van der Waals surface area (Å²) >= 11 is 0.